The topological polar surface area (TPSA) is 91.7 Å². The monoisotopic (exact) mass is 342 g/mol. The molecule has 6 heteroatoms. The Balaban J connectivity index is 1.50. The van der Waals surface area contributed by atoms with Gasteiger partial charge in [-0.15, -0.1) is 0 Å². The molecule has 0 amide bonds. The average molecular weight is 342 g/mol. The number of nitrogen functional groups attached to an aromatic ring is 1. The molecule has 1 aliphatic heterocycles. The van der Waals surface area contributed by atoms with Crippen LogP contribution in [0.4, 0.5) is 5.95 Å². The molecule has 2 aromatic heterocycles. The molecule has 0 fully saturated rings. The van der Waals surface area contributed by atoms with Crippen molar-refractivity contribution in [3.05, 3.63) is 71.2 Å². The molecule has 4 rings (SSSR count). The number of pyridine rings is 1. The number of hydrogen-bond donors (Lipinski definition) is 1. The standard InChI is InChI=1S/C20H18N6/c21-10-14-4-6-15(7-5-14)18-3-1-2-17(24-18)13-26-9-8-19-16(12-26)11-23-20(22)25-19/h1-7,11H,8-9,12-13H2,(H2,22,23,25). The molecule has 2 N–H and O–H groups in total. The number of hydrogen-bond acceptors (Lipinski definition) is 6. The normalized spacial score (nSPS) is 13.8. The van der Waals surface area contributed by atoms with Crippen molar-refractivity contribution >= 4 is 5.95 Å². The third kappa shape index (κ3) is 3.39. The van der Waals surface area contributed by atoms with Crippen LogP contribution in [0, 0.1) is 11.3 Å². The molecule has 1 aromatic carbocycles. The second kappa shape index (κ2) is 6.90. The summed E-state index contributed by atoms with van der Waals surface area (Å²) in [6.07, 6.45) is 2.70. The Morgan fingerprint density at radius 1 is 1.12 bits per heavy atom. The van der Waals surface area contributed by atoms with E-state index in [2.05, 4.69) is 20.9 Å². The minimum Gasteiger partial charge on any atom is -0.368 e. The van der Waals surface area contributed by atoms with E-state index in [0.29, 0.717) is 11.5 Å². The van der Waals surface area contributed by atoms with Crippen LogP contribution < -0.4 is 5.73 Å². The Kier molecular flexibility index (Phi) is 4.30. The number of benzene rings is 1. The second-order valence-electron chi connectivity index (χ2n) is 6.36. The number of nitriles is 1. The van der Waals surface area contributed by atoms with Crippen LogP contribution in [0.1, 0.15) is 22.5 Å². The number of fused-ring (bicyclic) bond motifs is 1. The van der Waals surface area contributed by atoms with Crippen molar-refractivity contribution < 1.29 is 0 Å². The minimum absolute atomic E-state index is 0.342. The summed E-state index contributed by atoms with van der Waals surface area (Å²) in [7, 11) is 0. The van der Waals surface area contributed by atoms with Crippen LogP contribution in [-0.4, -0.2) is 26.4 Å². The number of nitrogens with zero attached hydrogens (tertiary/aromatic N) is 5. The maximum Gasteiger partial charge on any atom is 0.220 e. The molecule has 3 aromatic rings. The molecule has 0 saturated heterocycles. The second-order valence-corrected chi connectivity index (χ2v) is 6.36. The Morgan fingerprint density at radius 3 is 2.77 bits per heavy atom. The van der Waals surface area contributed by atoms with E-state index < -0.39 is 0 Å². The van der Waals surface area contributed by atoms with Gasteiger partial charge in [0.2, 0.25) is 5.95 Å². The van der Waals surface area contributed by atoms with Gasteiger partial charge in [-0.05, 0) is 24.3 Å². The summed E-state index contributed by atoms with van der Waals surface area (Å²) >= 11 is 0. The Morgan fingerprint density at radius 2 is 1.96 bits per heavy atom. The third-order valence-corrected chi connectivity index (χ3v) is 4.53. The molecule has 0 spiro atoms. The fraction of sp³-hybridized carbons (Fsp3) is 0.200. The van der Waals surface area contributed by atoms with E-state index in [1.54, 1.807) is 0 Å². The van der Waals surface area contributed by atoms with Crippen molar-refractivity contribution in [1.82, 2.24) is 19.9 Å². The summed E-state index contributed by atoms with van der Waals surface area (Å²) in [5, 5.41) is 8.92. The highest BCUT2D eigenvalue weighted by atomic mass is 15.1. The largest absolute Gasteiger partial charge is 0.368 e. The zero-order valence-electron chi connectivity index (χ0n) is 14.3. The van der Waals surface area contributed by atoms with Gasteiger partial charge in [-0.2, -0.15) is 5.26 Å². The summed E-state index contributed by atoms with van der Waals surface area (Å²) < 4.78 is 0. The number of aromatic nitrogens is 3. The van der Waals surface area contributed by atoms with Crippen LogP contribution in [0.5, 0.6) is 0 Å². The van der Waals surface area contributed by atoms with E-state index in [9.17, 15) is 0 Å². The predicted molar refractivity (Wildman–Crippen MR) is 98.7 cm³/mol. The van der Waals surface area contributed by atoms with E-state index in [0.717, 1.165) is 54.3 Å². The van der Waals surface area contributed by atoms with Gasteiger partial charge in [-0.25, -0.2) is 9.97 Å². The van der Waals surface area contributed by atoms with Gasteiger partial charge in [0.05, 0.1) is 28.7 Å². The molecule has 128 valence electrons. The Labute approximate surface area is 152 Å². The molecular weight excluding hydrogens is 324 g/mol. The lowest BCUT2D eigenvalue weighted by Gasteiger charge is -2.27. The molecular formula is C20H18N6. The van der Waals surface area contributed by atoms with Gasteiger partial charge < -0.3 is 5.73 Å². The van der Waals surface area contributed by atoms with Gasteiger partial charge in [0.15, 0.2) is 0 Å². The van der Waals surface area contributed by atoms with Gasteiger partial charge in [-0.3, -0.25) is 9.88 Å². The highest BCUT2D eigenvalue weighted by molar-refractivity contribution is 5.60. The molecule has 0 bridgehead atoms. The summed E-state index contributed by atoms with van der Waals surface area (Å²) in [5.74, 6) is 0.342. The van der Waals surface area contributed by atoms with Crippen LogP contribution in [0.25, 0.3) is 11.3 Å². The zero-order chi connectivity index (χ0) is 17.9. The molecule has 1 aliphatic rings. The fourth-order valence-electron chi connectivity index (χ4n) is 3.20. The van der Waals surface area contributed by atoms with E-state index in [4.69, 9.17) is 16.0 Å². The van der Waals surface area contributed by atoms with Gasteiger partial charge >= 0.3 is 0 Å². The van der Waals surface area contributed by atoms with Gasteiger partial charge in [-0.1, -0.05) is 18.2 Å². The molecule has 0 aliphatic carbocycles. The van der Waals surface area contributed by atoms with Crippen molar-refractivity contribution in [2.45, 2.75) is 19.5 Å². The Bertz CT molecular complexity index is 974. The van der Waals surface area contributed by atoms with E-state index >= 15 is 0 Å². The van der Waals surface area contributed by atoms with Gasteiger partial charge in [0.25, 0.3) is 0 Å². The predicted octanol–water partition coefficient (Wildman–Crippen LogP) is 2.55. The van der Waals surface area contributed by atoms with Crippen LogP contribution in [0.2, 0.25) is 0 Å². The lowest BCUT2D eigenvalue weighted by Crippen LogP contribution is -2.31. The lowest BCUT2D eigenvalue weighted by molar-refractivity contribution is 0.240. The SMILES string of the molecule is N#Cc1ccc(-c2cccc(CN3CCc4nc(N)ncc4C3)n2)cc1. The molecule has 6 nitrogen and oxygen atoms in total. The summed E-state index contributed by atoms with van der Waals surface area (Å²) in [5.41, 5.74) is 11.5. The van der Waals surface area contributed by atoms with Crippen LogP contribution >= 0.6 is 0 Å². The highest BCUT2D eigenvalue weighted by Gasteiger charge is 2.18. The number of anilines is 1. The number of nitrogens with two attached hydrogens (primary N) is 1. The lowest BCUT2D eigenvalue weighted by atomic mass is 10.1. The minimum atomic E-state index is 0.342. The first kappa shape index (κ1) is 16.2. The summed E-state index contributed by atoms with van der Waals surface area (Å²) in [6, 6.07) is 15.7. The van der Waals surface area contributed by atoms with E-state index in [1.807, 2.05) is 48.7 Å². The van der Waals surface area contributed by atoms with Crippen LogP contribution in [0.15, 0.2) is 48.7 Å². The third-order valence-electron chi connectivity index (χ3n) is 4.53. The first-order valence-corrected chi connectivity index (χ1v) is 8.50. The summed E-state index contributed by atoms with van der Waals surface area (Å²) in [6.45, 7) is 2.50. The average Bonchev–Trinajstić information content (AvgIpc) is 2.68. The quantitative estimate of drug-likeness (QED) is 0.786. The van der Waals surface area contributed by atoms with Crippen molar-refractivity contribution in [2.24, 2.45) is 0 Å². The van der Waals surface area contributed by atoms with Crippen molar-refractivity contribution in [2.75, 3.05) is 12.3 Å². The fourth-order valence-corrected chi connectivity index (χ4v) is 3.20. The van der Waals surface area contributed by atoms with Crippen LogP contribution in [-0.2, 0) is 19.5 Å². The molecule has 0 saturated carbocycles. The highest BCUT2D eigenvalue weighted by Crippen LogP contribution is 2.21. The van der Waals surface area contributed by atoms with Crippen molar-refractivity contribution in [1.29, 1.82) is 5.26 Å². The first-order valence-electron chi connectivity index (χ1n) is 8.50. The maximum atomic E-state index is 8.92. The molecule has 26 heavy (non-hydrogen) atoms. The van der Waals surface area contributed by atoms with E-state index in [-0.39, 0.29) is 0 Å². The summed E-state index contributed by atoms with van der Waals surface area (Å²) in [4.78, 5) is 15.6. The molecule has 0 atom stereocenters. The smallest absolute Gasteiger partial charge is 0.220 e. The number of rotatable bonds is 3. The zero-order valence-corrected chi connectivity index (χ0v) is 14.3. The Hall–Kier alpha value is -3.30. The van der Waals surface area contributed by atoms with Crippen molar-refractivity contribution in [3.8, 4) is 17.3 Å². The molecule has 0 radical (unpaired) electrons. The van der Waals surface area contributed by atoms with Gasteiger partial charge in [0, 0.05) is 43.4 Å². The maximum absolute atomic E-state index is 8.92. The van der Waals surface area contributed by atoms with Crippen molar-refractivity contribution in [3.63, 3.8) is 0 Å². The first-order chi connectivity index (χ1) is 12.7. The van der Waals surface area contributed by atoms with Crippen LogP contribution in [0.3, 0.4) is 0 Å². The molecule has 0 unspecified atom stereocenters. The van der Waals surface area contributed by atoms with Gasteiger partial charge in [0.1, 0.15) is 0 Å². The van der Waals surface area contributed by atoms with E-state index in [1.165, 1.54) is 0 Å². The molecule has 3 heterocycles.